The van der Waals surface area contributed by atoms with Gasteiger partial charge in [0.05, 0.1) is 0 Å². The van der Waals surface area contributed by atoms with Crippen LogP contribution >= 0.6 is 0 Å². The van der Waals surface area contributed by atoms with Crippen molar-refractivity contribution in [2.45, 2.75) is 46.2 Å². The average molecular weight is 235 g/mol. The zero-order valence-electron chi connectivity index (χ0n) is 10.8. The summed E-state index contributed by atoms with van der Waals surface area (Å²) >= 11 is 0. The molecule has 0 aromatic heterocycles. The van der Waals surface area contributed by atoms with Crippen LogP contribution in [0.25, 0.3) is 0 Å². The lowest BCUT2D eigenvalue weighted by Crippen LogP contribution is -2.36. The molecule has 0 aliphatic carbocycles. The molecule has 94 valence electrons. The molecule has 0 saturated carbocycles. The number of hydrogen-bond donors (Lipinski definition) is 2. The van der Waals surface area contributed by atoms with Crippen molar-refractivity contribution in [2.24, 2.45) is 0 Å². The third-order valence-corrected chi connectivity index (χ3v) is 3.13. The fourth-order valence-electron chi connectivity index (χ4n) is 1.84. The van der Waals surface area contributed by atoms with Gasteiger partial charge in [0.2, 0.25) is 0 Å². The van der Waals surface area contributed by atoms with E-state index in [1.807, 2.05) is 19.1 Å². The summed E-state index contributed by atoms with van der Waals surface area (Å²) in [4.78, 5) is 11.0. The van der Waals surface area contributed by atoms with Crippen LogP contribution in [0.2, 0.25) is 0 Å². The standard InChI is InChI=1S/C14H21NO2/c1-4-6-13(14(16)17)15-9-12-8-5-7-10(2)11(12)3/h5,7-8,13,15H,4,6,9H2,1-3H3,(H,16,17). The second kappa shape index (κ2) is 6.40. The smallest absolute Gasteiger partial charge is 0.320 e. The molecule has 2 N–H and O–H groups in total. The van der Waals surface area contributed by atoms with Crippen LogP contribution < -0.4 is 5.32 Å². The van der Waals surface area contributed by atoms with Crippen LogP contribution in [0.5, 0.6) is 0 Å². The number of hydrogen-bond acceptors (Lipinski definition) is 2. The van der Waals surface area contributed by atoms with Gasteiger partial charge in [-0.15, -0.1) is 0 Å². The SMILES string of the molecule is CCCC(NCc1cccc(C)c1C)C(=O)O. The molecule has 0 heterocycles. The second-order valence-electron chi connectivity index (χ2n) is 4.42. The molecule has 0 aliphatic heterocycles. The Kier molecular flexibility index (Phi) is 5.16. The molecule has 1 unspecified atom stereocenters. The molecule has 0 fully saturated rings. The molecule has 0 aliphatic rings. The van der Waals surface area contributed by atoms with Crippen LogP contribution in [-0.4, -0.2) is 17.1 Å². The number of nitrogens with one attached hydrogen (secondary N) is 1. The van der Waals surface area contributed by atoms with Gasteiger partial charge >= 0.3 is 5.97 Å². The van der Waals surface area contributed by atoms with E-state index < -0.39 is 12.0 Å². The summed E-state index contributed by atoms with van der Waals surface area (Å²) < 4.78 is 0. The Bertz CT molecular complexity index is 388. The van der Waals surface area contributed by atoms with Gasteiger partial charge in [0, 0.05) is 6.54 Å². The first-order chi connectivity index (χ1) is 8.06. The van der Waals surface area contributed by atoms with E-state index in [-0.39, 0.29) is 0 Å². The van der Waals surface area contributed by atoms with Gasteiger partial charge in [0.1, 0.15) is 6.04 Å². The van der Waals surface area contributed by atoms with Crippen molar-refractivity contribution >= 4 is 5.97 Å². The highest BCUT2D eigenvalue weighted by molar-refractivity contribution is 5.73. The molecular formula is C14H21NO2. The third-order valence-electron chi connectivity index (χ3n) is 3.13. The lowest BCUT2D eigenvalue weighted by molar-refractivity contribution is -0.139. The minimum Gasteiger partial charge on any atom is -0.480 e. The molecule has 0 amide bonds. The van der Waals surface area contributed by atoms with E-state index in [0.717, 1.165) is 6.42 Å². The van der Waals surface area contributed by atoms with Crippen molar-refractivity contribution in [3.05, 3.63) is 34.9 Å². The Labute approximate surface area is 103 Å². The summed E-state index contributed by atoms with van der Waals surface area (Å²) in [6, 6.07) is 5.68. The van der Waals surface area contributed by atoms with Gasteiger partial charge in [-0.05, 0) is 37.0 Å². The number of benzene rings is 1. The van der Waals surface area contributed by atoms with E-state index in [2.05, 4.69) is 25.2 Å². The lowest BCUT2D eigenvalue weighted by Gasteiger charge is -2.15. The van der Waals surface area contributed by atoms with Crippen LogP contribution in [0.3, 0.4) is 0 Å². The number of aryl methyl sites for hydroxylation is 1. The molecule has 3 heteroatoms. The summed E-state index contributed by atoms with van der Waals surface area (Å²) in [6.07, 6.45) is 1.54. The van der Waals surface area contributed by atoms with E-state index in [4.69, 9.17) is 5.11 Å². The van der Waals surface area contributed by atoms with Gasteiger partial charge in [0.25, 0.3) is 0 Å². The summed E-state index contributed by atoms with van der Waals surface area (Å²) in [5.74, 6) is -0.767. The highest BCUT2D eigenvalue weighted by atomic mass is 16.4. The Morgan fingerprint density at radius 1 is 1.41 bits per heavy atom. The zero-order chi connectivity index (χ0) is 12.8. The fourth-order valence-corrected chi connectivity index (χ4v) is 1.84. The van der Waals surface area contributed by atoms with Crippen LogP contribution in [0.15, 0.2) is 18.2 Å². The highest BCUT2D eigenvalue weighted by Gasteiger charge is 2.15. The maximum atomic E-state index is 11.0. The monoisotopic (exact) mass is 235 g/mol. The molecule has 0 bridgehead atoms. The molecule has 0 saturated heterocycles. The number of aliphatic carboxylic acids is 1. The predicted molar refractivity (Wildman–Crippen MR) is 69.1 cm³/mol. The van der Waals surface area contributed by atoms with E-state index in [9.17, 15) is 4.79 Å². The Morgan fingerprint density at radius 3 is 2.71 bits per heavy atom. The molecule has 1 aromatic carbocycles. The van der Waals surface area contributed by atoms with Crippen molar-refractivity contribution in [1.29, 1.82) is 0 Å². The van der Waals surface area contributed by atoms with Gasteiger partial charge in [0.15, 0.2) is 0 Å². The maximum absolute atomic E-state index is 11.0. The molecule has 3 nitrogen and oxygen atoms in total. The summed E-state index contributed by atoms with van der Waals surface area (Å²) in [6.45, 7) is 6.75. The molecule has 17 heavy (non-hydrogen) atoms. The fraction of sp³-hybridized carbons (Fsp3) is 0.500. The first-order valence-electron chi connectivity index (χ1n) is 6.07. The summed E-state index contributed by atoms with van der Waals surface area (Å²) in [5, 5.41) is 12.1. The number of carbonyl (C=O) groups is 1. The van der Waals surface area contributed by atoms with Crippen LogP contribution in [0.1, 0.15) is 36.5 Å². The van der Waals surface area contributed by atoms with E-state index >= 15 is 0 Å². The van der Waals surface area contributed by atoms with Gasteiger partial charge < -0.3 is 10.4 Å². The molecule has 1 atom stereocenters. The highest BCUT2D eigenvalue weighted by Crippen LogP contribution is 2.12. The summed E-state index contributed by atoms with van der Waals surface area (Å²) in [5.41, 5.74) is 3.65. The molecule has 0 radical (unpaired) electrons. The third kappa shape index (κ3) is 3.86. The minimum absolute atomic E-state index is 0.445. The first-order valence-corrected chi connectivity index (χ1v) is 6.07. The Balaban J connectivity index is 2.65. The number of rotatable bonds is 6. The molecule has 0 spiro atoms. The van der Waals surface area contributed by atoms with Crippen molar-refractivity contribution in [2.75, 3.05) is 0 Å². The molecular weight excluding hydrogens is 214 g/mol. The van der Waals surface area contributed by atoms with Gasteiger partial charge in [-0.2, -0.15) is 0 Å². The largest absolute Gasteiger partial charge is 0.480 e. The predicted octanol–water partition coefficient (Wildman–Crippen LogP) is 2.65. The minimum atomic E-state index is -0.767. The maximum Gasteiger partial charge on any atom is 0.320 e. The number of carboxylic acids is 1. The van der Waals surface area contributed by atoms with Crippen molar-refractivity contribution in [3.63, 3.8) is 0 Å². The first kappa shape index (κ1) is 13.7. The second-order valence-corrected chi connectivity index (χ2v) is 4.42. The Hall–Kier alpha value is -1.35. The lowest BCUT2D eigenvalue weighted by atomic mass is 10.0. The van der Waals surface area contributed by atoms with E-state index in [1.165, 1.54) is 16.7 Å². The quantitative estimate of drug-likeness (QED) is 0.797. The van der Waals surface area contributed by atoms with Crippen molar-refractivity contribution in [1.82, 2.24) is 5.32 Å². The van der Waals surface area contributed by atoms with E-state index in [0.29, 0.717) is 13.0 Å². The molecule has 1 rings (SSSR count). The average Bonchev–Trinajstić information content (AvgIpc) is 2.29. The van der Waals surface area contributed by atoms with Crippen molar-refractivity contribution < 1.29 is 9.90 Å². The summed E-state index contributed by atoms with van der Waals surface area (Å²) in [7, 11) is 0. The Morgan fingerprint density at radius 2 is 2.12 bits per heavy atom. The number of carboxylic acid groups (broad SMARTS) is 1. The van der Waals surface area contributed by atoms with Crippen LogP contribution in [0.4, 0.5) is 0 Å². The molecule has 1 aromatic rings. The van der Waals surface area contributed by atoms with Crippen LogP contribution in [0, 0.1) is 13.8 Å². The normalized spacial score (nSPS) is 12.4. The van der Waals surface area contributed by atoms with Crippen LogP contribution in [-0.2, 0) is 11.3 Å². The van der Waals surface area contributed by atoms with Gasteiger partial charge in [-0.25, -0.2) is 0 Å². The van der Waals surface area contributed by atoms with E-state index in [1.54, 1.807) is 0 Å². The zero-order valence-corrected chi connectivity index (χ0v) is 10.8. The van der Waals surface area contributed by atoms with Crippen molar-refractivity contribution in [3.8, 4) is 0 Å². The topological polar surface area (TPSA) is 49.3 Å². The van der Waals surface area contributed by atoms with Gasteiger partial charge in [-0.1, -0.05) is 31.5 Å². The van der Waals surface area contributed by atoms with Gasteiger partial charge in [-0.3, -0.25) is 4.79 Å².